The molecular weight excluding hydrogens is 430 g/mol. The number of hydrogen-bond donors (Lipinski definition) is 1. The Bertz CT molecular complexity index is 913. The molecule has 1 heterocycles. The van der Waals surface area contributed by atoms with Crippen molar-refractivity contribution in [3.63, 3.8) is 0 Å². The van der Waals surface area contributed by atoms with Gasteiger partial charge in [0, 0.05) is 12.5 Å². The molecule has 0 saturated heterocycles. The average molecular weight is 473 g/mol. The summed E-state index contributed by atoms with van der Waals surface area (Å²) in [6.45, 7) is 1.41. The third-order valence-electron chi connectivity index (χ3n) is 8.99. The van der Waals surface area contributed by atoms with Crippen LogP contribution in [0.4, 0.5) is 0 Å². The minimum Gasteiger partial charge on any atom is -1.00 e. The number of imidazole rings is 1. The molecule has 2 aromatic rings. The summed E-state index contributed by atoms with van der Waals surface area (Å²) in [6, 6.07) is 10.7. The molecule has 5 aliphatic carbocycles. The molecule has 0 unspecified atom stereocenters. The number of aromatic nitrogens is 2. The second-order valence-electron chi connectivity index (χ2n) is 11.3. The summed E-state index contributed by atoms with van der Waals surface area (Å²) < 4.78 is 9.29. The first-order chi connectivity index (χ1) is 15.7. The smallest absolute Gasteiger partial charge is 1.00 e. The predicted octanol–water partition coefficient (Wildman–Crippen LogP) is 1.89. The zero-order valence-corrected chi connectivity index (χ0v) is 20.3. The number of ether oxygens (including phenoxy) is 1. The van der Waals surface area contributed by atoms with Gasteiger partial charge in [-0.3, -0.25) is 0 Å². The molecule has 0 atom stereocenters. The van der Waals surface area contributed by atoms with E-state index in [2.05, 4.69) is 34.9 Å². The third kappa shape index (κ3) is 5.27. The molecule has 5 fully saturated rings. The van der Waals surface area contributed by atoms with Gasteiger partial charge < -0.3 is 15.8 Å². The van der Waals surface area contributed by atoms with Crippen LogP contribution in [-0.2, 0) is 24.5 Å². The van der Waals surface area contributed by atoms with Crippen LogP contribution in [0.3, 0.4) is 0 Å². The Hall–Kier alpha value is -0.520. The topological polar surface area (TPSA) is 47.3 Å². The number of rotatable bonds is 7. The molecule has 4 nitrogen and oxygen atoms in total. The molecule has 1 aromatic carbocycles. The first kappa shape index (κ1) is 26.5. The van der Waals surface area contributed by atoms with Crippen LogP contribution in [0.1, 0.15) is 101 Å². The van der Waals surface area contributed by atoms with E-state index in [0.29, 0.717) is 12.5 Å². The number of aliphatic hydroxyl groups is 1. The summed E-state index contributed by atoms with van der Waals surface area (Å²) in [7, 11) is 0. The van der Waals surface area contributed by atoms with Gasteiger partial charge in [0.05, 0.1) is 30.2 Å². The maximum atomic E-state index is 10.2. The SMILES string of the molecule is OCc1nc(C2CCCCC2)n(Cc2ccccc2)c1COC12CC3CC(CC(C3)C1)C2.[AlH3].[H-].[Li+]. The van der Waals surface area contributed by atoms with Crippen LogP contribution >= 0.6 is 0 Å². The molecule has 5 saturated carbocycles. The largest absolute Gasteiger partial charge is 1.00 e. The van der Waals surface area contributed by atoms with Gasteiger partial charge in [0.15, 0.2) is 17.4 Å². The molecule has 7 rings (SSSR count). The number of aliphatic hydroxyl groups excluding tert-OH is 1. The quantitative estimate of drug-likeness (QED) is 0.627. The van der Waals surface area contributed by atoms with E-state index in [-0.39, 0.29) is 49.9 Å². The Morgan fingerprint density at radius 3 is 2.18 bits per heavy atom. The van der Waals surface area contributed by atoms with Crippen molar-refractivity contribution in [3.05, 3.63) is 53.1 Å². The van der Waals surface area contributed by atoms with Crippen molar-refractivity contribution >= 4 is 17.4 Å². The normalized spacial score (nSPS) is 30.1. The molecule has 4 bridgehead atoms. The molecule has 1 N–H and O–H groups in total. The minimum absolute atomic E-state index is 0. The van der Waals surface area contributed by atoms with Crippen molar-refractivity contribution in [2.24, 2.45) is 17.8 Å². The van der Waals surface area contributed by atoms with Crippen molar-refractivity contribution in [3.8, 4) is 0 Å². The summed E-state index contributed by atoms with van der Waals surface area (Å²) in [5.41, 5.74) is 3.33. The molecule has 5 aliphatic rings. The predicted molar refractivity (Wildman–Crippen MR) is 136 cm³/mol. The van der Waals surface area contributed by atoms with Crippen molar-refractivity contribution < 1.29 is 30.1 Å². The second-order valence-corrected chi connectivity index (χ2v) is 11.3. The van der Waals surface area contributed by atoms with Gasteiger partial charge >= 0.3 is 18.9 Å². The average Bonchev–Trinajstić information content (AvgIpc) is 3.15. The molecule has 1 aromatic heterocycles. The fourth-order valence-electron chi connectivity index (χ4n) is 7.89. The Kier molecular flexibility index (Phi) is 8.78. The van der Waals surface area contributed by atoms with Gasteiger partial charge in [0.1, 0.15) is 5.82 Å². The van der Waals surface area contributed by atoms with Crippen LogP contribution in [0.5, 0.6) is 0 Å². The third-order valence-corrected chi connectivity index (χ3v) is 8.99. The standard InChI is InChI=1S/C28H38N2O2.Al.Li.4H/c31-18-25-26(19-32-28-14-21-11-22(15-28)13-23(12-21)16-28)30(17-20-7-3-1-4-8-20)27(29-25)24-9-5-2-6-10-24;;;;;;/h1,3-4,7-8,21-24,31H,2,5-6,9-19H2;;;;;;/q;;+1;;;;-1. The van der Waals surface area contributed by atoms with E-state index in [0.717, 1.165) is 35.7 Å². The van der Waals surface area contributed by atoms with Crippen LogP contribution in [0.25, 0.3) is 0 Å². The summed E-state index contributed by atoms with van der Waals surface area (Å²) in [5, 5.41) is 10.2. The molecule has 0 amide bonds. The first-order valence-corrected chi connectivity index (χ1v) is 13.1. The maximum absolute atomic E-state index is 10.2. The van der Waals surface area contributed by atoms with Crippen molar-refractivity contribution in [1.29, 1.82) is 0 Å². The Labute approximate surface area is 229 Å². The molecule has 180 valence electrons. The summed E-state index contributed by atoms with van der Waals surface area (Å²) in [4.78, 5) is 5.05. The second kappa shape index (κ2) is 11.3. The number of nitrogens with zero attached hydrogens (tertiary/aromatic N) is 2. The molecule has 0 radical (unpaired) electrons. The Morgan fingerprint density at radius 1 is 0.971 bits per heavy atom. The zero-order valence-electron chi connectivity index (χ0n) is 21.3. The van der Waals surface area contributed by atoms with Gasteiger partial charge in [0.2, 0.25) is 0 Å². The summed E-state index contributed by atoms with van der Waals surface area (Å²) in [5.74, 6) is 4.33. The molecule has 6 heteroatoms. The minimum atomic E-state index is 0. The number of hydrogen-bond acceptors (Lipinski definition) is 3. The van der Waals surface area contributed by atoms with Gasteiger partial charge in [-0.2, -0.15) is 0 Å². The fourth-order valence-corrected chi connectivity index (χ4v) is 7.89. The Morgan fingerprint density at radius 2 is 1.59 bits per heavy atom. The maximum Gasteiger partial charge on any atom is 1.00 e. The van der Waals surface area contributed by atoms with Crippen molar-refractivity contribution in [1.82, 2.24) is 9.55 Å². The molecule has 0 aliphatic heterocycles. The van der Waals surface area contributed by atoms with E-state index in [1.165, 1.54) is 82.0 Å². The van der Waals surface area contributed by atoms with Gasteiger partial charge in [-0.1, -0.05) is 49.6 Å². The number of benzene rings is 1. The van der Waals surface area contributed by atoms with Crippen molar-refractivity contribution in [2.75, 3.05) is 0 Å². The zero-order chi connectivity index (χ0) is 21.5. The molecular formula is C28H42AlLiN2O2. The van der Waals surface area contributed by atoms with Crippen LogP contribution in [0.15, 0.2) is 30.3 Å². The van der Waals surface area contributed by atoms with Gasteiger partial charge in [0.25, 0.3) is 0 Å². The fraction of sp³-hybridized carbons (Fsp3) is 0.679. The van der Waals surface area contributed by atoms with E-state index in [1.54, 1.807) is 0 Å². The first-order valence-electron chi connectivity index (χ1n) is 13.1. The van der Waals surface area contributed by atoms with Gasteiger partial charge in [-0.15, -0.1) is 0 Å². The van der Waals surface area contributed by atoms with Gasteiger partial charge in [-0.05, 0) is 74.7 Å². The van der Waals surface area contributed by atoms with Gasteiger partial charge in [-0.25, -0.2) is 4.98 Å². The van der Waals surface area contributed by atoms with E-state index in [4.69, 9.17) is 9.72 Å². The van der Waals surface area contributed by atoms with E-state index >= 15 is 0 Å². The van der Waals surface area contributed by atoms with Crippen LogP contribution < -0.4 is 18.9 Å². The van der Waals surface area contributed by atoms with Crippen LogP contribution in [0, 0.1) is 17.8 Å². The summed E-state index contributed by atoms with van der Waals surface area (Å²) >= 11 is 0. The van der Waals surface area contributed by atoms with E-state index < -0.39 is 0 Å². The van der Waals surface area contributed by atoms with Crippen LogP contribution in [0.2, 0.25) is 0 Å². The van der Waals surface area contributed by atoms with E-state index in [9.17, 15) is 5.11 Å². The monoisotopic (exact) mass is 472 g/mol. The summed E-state index contributed by atoms with van der Waals surface area (Å²) in [6.07, 6.45) is 14.4. The van der Waals surface area contributed by atoms with Crippen molar-refractivity contribution in [2.45, 2.75) is 102 Å². The molecule has 34 heavy (non-hydrogen) atoms. The van der Waals surface area contributed by atoms with E-state index in [1.807, 2.05) is 0 Å². The Balaban J connectivity index is 0.00000114. The molecule has 0 spiro atoms. The van der Waals surface area contributed by atoms with Crippen LogP contribution in [-0.4, -0.2) is 37.6 Å².